The fourth-order valence-corrected chi connectivity index (χ4v) is 2.86. The molecule has 0 aromatic heterocycles. The van der Waals surface area contributed by atoms with Gasteiger partial charge in [-0.25, -0.2) is 0 Å². The Kier molecular flexibility index (Phi) is 8.49. The van der Waals surface area contributed by atoms with Crippen molar-refractivity contribution in [1.29, 1.82) is 0 Å². The summed E-state index contributed by atoms with van der Waals surface area (Å²) in [5.74, 6) is 0.875. The fraction of sp³-hybridized carbons (Fsp3) is 0.182. The van der Waals surface area contributed by atoms with Crippen LogP contribution in [-0.4, -0.2) is 6.54 Å². The highest BCUT2D eigenvalue weighted by atomic mass is 35.5. The molecular formula is C22H23Cl2NO. The number of nitrogens with one attached hydrogen (secondary N) is 1. The van der Waals surface area contributed by atoms with Gasteiger partial charge in [-0.1, -0.05) is 72.3 Å². The normalized spacial score (nSPS) is 10.2. The first-order valence-corrected chi connectivity index (χ1v) is 8.89. The Morgan fingerprint density at radius 1 is 0.808 bits per heavy atom. The summed E-state index contributed by atoms with van der Waals surface area (Å²) in [4.78, 5) is 0. The number of ether oxygens (including phenoxy) is 1. The number of halogens is 2. The highest BCUT2D eigenvalue weighted by Crippen LogP contribution is 2.24. The molecule has 3 aromatic rings. The van der Waals surface area contributed by atoms with E-state index in [1.54, 1.807) is 0 Å². The van der Waals surface area contributed by atoms with E-state index in [0.29, 0.717) is 6.61 Å². The van der Waals surface area contributed by atoms with Crippen molar-refractivity contribution in [1.82, 2.24) is 5.32 Å². The van der Waals surface area contributed by atoms with E-state index in [4.69, 9.17) is 16.3 Å². The summed E-state index contributed by atoms with van der Waals surface area (Å²) in [7, 11) is 0. The minimum Gasteiger partial charge on any atom is -0.489 e. The summed E-state index contributed by atoms with van der Waals surface area (Å²) in [6.07, 6.45) is 1.00. The van der Waals surface area contributed by atoms with E-state index in [-0.39, 0.29) is 12.4 Å². The molecule has 0 unspecified atom stereocenters. The summed E-state index contributed by atoms with van der Waals surface area (Å²) >= 11 is 6.16. The Hall–Kier alpha value is -2.00. The number of hydrogen-bond donors (Lipinski definition) is 1. The third kappa shape index (κ3) is 6.38. The molecule has 0 saturated carbocycles. The molecule has 3 rings (SSSR count). The predicted molar refractivity (Wildman–Crippen MR) is 111 cm³/mol. The van der Waals surface area contributed by atoms with Crippen LogP contribution in [0, 0.1) is 0 Å². The molecule has 4 heteroatoms. The van der Waals surface area contributed by atoms with Gasteiger partial charge in [0.1, 0.15) is 12.4 Å². The molecule has 0 atom stereocenters. The molecule has 0 aliphatic heterocycles. The Bertz CT molecular complexity index is 779. The van der Waals surface area contributed by atoms with Gasteiger partial charge >= 0.3 is 0 Å². The van der Waals surface area contributed by atoms with Gasteiger partial charge in [0.25, 0.3) is 0 Å². The van der Waals surface area contributed by atoms with Crippen LogP contribution in [0.4, 0.5) is 0 Å². The minimum atomic E-state index is 0. The molecule has 0 fully saturated rings. The second kappa shape index (κ2) is 10.9. The maximum absolute atomic E-state index is 6.16. The summed E-state index contributed by atoms with van der Waals surface area (Å²) in [5.41, 5.74) is 3.57. The van der Waals surface area contributed by atoms with Gasteiger partial charge in [-0.15, -0.1) is 12.4 Å². The Morgan fingerprint density at radius 3 is 2.15 bits per heavy atom. The number of benzene rings is 3. The maximum atomic E-state index is 6.16. The lowest BCUT2D eigenvalue weighted by Gasteiger charge is -2.13. The van der Waals surface area contributed by atoms with Crippen LogP contribution < -0.4 is 10.1 Å². The van der Waals surface area contributed by atoms with Gasteiger partial charge in [0.2, 0.25) is 0 Å². The molecule has 0 bridgehead atoms. The average molecular weight is 388 g/mol. The van der Waals surface area contributed by atoms with Crippen LogP contribution in [0.1, 0.15) is 16.7 Å². The van der Waals surface area contributed by atoms with Crippen LogP contribution >= 0.6 is 24.0 Å². The molecule has 0 spiro atoms. The van der Waals surface area contributed by atoms with E-state index in [9.17, 15) is 0 Å². The van der Waals surface area contributed by atoms with Crippen molar-refractivity contribution >= 4 is 24.0 Å². The molecule has 26 heavy (non-hydrogen) atoms. The third-order valence-electron chi connectivity index (χ3n) is 4.01. The lowest BCUT2D eigenvalue weighted by molar-refractivity contribution is 0.302. The SMILES string of the molecule is Cl.Clc1ccc(OCc2ccccc2)c(CNCCc2ccccc2)c1. The molecule has 0 heterocycles. The van der Waals surface area contributed by atoms with Crippen molar-refractivity contribution in [3.05, 3.63) is 101 Å². The van der Waals surface area contributed by atoms with E-state index in [0.717, 1.165) is 41.4 Å². The topological polar surface area (TPSA) is 21.3 Å². The molecule has 0 aliphatic carbocycles. The molecule has 3 aromatic carbocycles. The predicted octanol–water partition coefficient (Wildman–Crippen LogP) is 5.67. The standard InChI is InChI=1S/C22H22ClNO.ClH/c23-21-11-12-22(25-17-19-9-5-2-6-10-19)20(15-21)16-24-14-13-18-7-3-1-4-8-18;/h1-12,15,24H,13-14,16-17H2;1H. The van der Waals surface area contributed by atoms with Gasteiger partial charge in [-0.2, -0.15) is 0 Å². The molecule has 1 N–H and O–H groups in total. The van der Waals surface area contributed by atoms with Crippen LogP contribution in [0.15, 0.2) is 78.9 Å². The lowest BCUT2D eigenvalue weighted by atomic mass is 10.1. The molecular weight excluding hydrogens is 365 g/mol. The largest absolute Gasteiger partial charge is 0.489 e. The zero-order chi connectivity index (χ0) is 17.3. The van der Waals surface area contributed by atoms with Gasteiger partial charge in [-0.05, 0) is 42.3 Å². The Morgan fingerprint density at radius 2 is 1.46 bits per heavy atom. The van der Waals surface area contributed by atoms with Crippen LogP contribution in [0.3, 0.4) is 0 Å². The van der Waals surface area contributed by atoms with E-state index in [2.05, 4.69) is 41.7 Å². The van der Waals surface area contributed by atoms with Gasteiger partial charge in [0.15, 0.2) is 0 Å². The highest BCUT2D eigenvalue weighted by Gasteiger charge is 2.05. The van der Waals surface area contributed by atoms with Crippen molar-refractivity contribution in [2.75, 3.05) is 6.54 Å². The second-order valence-corrected chi connectivity index (χ2v) is 6.38. The zero-order valence-electron chi connectivity index (χ0n) is 14.5. The van der Waals surface area contributed by atoms with Crippen molar-refractivity contribution < 1.29 is 4.74 Å². The quantitative estimate of drug-likeness (QED) is 0.502. The first-order chi connectivity index (χ1) is 12.3. The van der Waals surface area contributed by atoms with E-state index in [1.165, 1.54) is 5.56 Å². The summed E-state index contributed by atoms with van der Waals surface area (Å²) in [5, 5.41) is 4.21. The second-order valence-electron chi connectivity index (χ2n) is 5.94. The van der Waals surface area contributed by atoms with Crippen molar-refractivity contribution in [3.8, 4) is 5.75 Å². The van der Waals surface area contributed by atoms with E-state index >= 15 is 0 Å². The Labute approximate surface area is 166 Å². The van der Waals surface area contributed by atoms with Crippen LogP contribution in [0.5, 0.6) is 5.75 Å². The fourth-order valence-electron chi connectivity index (χ4n) is 2.66. The average Bonchev–Trinajstić information content (AvgIpc) is 2.66. The Balaban J connectivity index is 0.00000243. The van der Waals surface area contributed by atoms with Gasteiger partial charge in [0.05, 0.1) is 0 Å². The molecule has 0 amide bonds. The van der Waals surface area contributed by atoms with Crippen molar-refractivity contribution in [2.45, 2.75) is 19.6 Å². The summed E-state index contributed by atoms with van der Waals surface area (Å²) in [6.45, 7) is 2.20. The van der Waals surface area contributed by atoms with Gasteiger partial charge < -0.3 is 10.1 Å². The minimum absolute atomic E-state index is 0. The monoisotopic (exact) mass is 387 g/mol. The number of rotatable bonds is 8. The molecule has 0 radical (unpaired) electrons. The van der Waals surface area contributed by atoms with Crippen molar-refractivity contribution in [2.24, 2.45) is 0 Å². The first-order valence-electron chi connectivity index (χ1n) is 8.51. The van der Waals surface area contributed by atoms with Crippen LogP contribution in [0.25, 0.3) is 0 Å². The van der Waals surface area contributed by atoms with Crippen LogP contribution in [-0.2, 0) is 19.6 Å². The van der Waals surface area contributed by atoms with E-state index < -0.39 is 0 Å². The molecule has 0 saturated heterocycles. The van der Waals surface area contributed by atoms with E-state index in [1.807, 2.05) is 42.5 Å². The maximum Gasteiger partial charge on any atom is 0.124 e. The van der Waals surface area contributed by atoms with Crippen LogP contribution in [0.2, 0.25) is 5.02 Å². The zero-order valence-corrected chi connectivity index (χ0v) is 16.1. The molecule has 2 nitrogen and oxygen atoms in total. The third-order valence-corrected chi connectivity index (χ3v) is 4.24. The summed E-state index contributed by atoms with van der Waals surface area (Å²) < 4.78 is 5.99. The molecule has 0 aliphatic rings. The van der Waals surface area contributed by atoms with Gasteiger partial charge in [0, 0.05) is 17.1 Å². The first kappa shape index (κ1) is 20.3. The summed E-state index contributed by atoms with van der Waals surface area (Å²) in [6, 6.07) is 26.4. The van der Waals surface area contributed by atoms with Crippen molar-refractivity contribution in [3.63, 3.8) is 0 Å². The molecule has 136 valence electrons. The smallest absolute Gasteiger partial charge is 0.124 e. The number of hydrogen-bond acceptors (Lipinski definition) is 2. The highest BCUT2D eigenvalue weighted by molar-refractivity contribution is 6.30. The lowest BCUT2D eigenvalue weighted by Crippen LogP contribution is -2.17. The van der Waals surface area contributed by atoms with Gasteiger partial charge in [-0.3, -0.25) is 0 Å².